The third-order valence-electron chi connectivity index (χ3n) is 6.66. The maximum atomic E-state index is 2.53. The first-order chi connectivity index (χ1) is 10.8. The SMILES string of the molecule is CC(C)C(C1CCCCCCCC1)C1CCCCCCCC1. The van der Waals surface area contributed by atoms with Gasteiger partial charge >= 0.3 is 0 Å². The van der Waals surface area contributed by atoms with E-state index < -0.39 is 0 Å². The Kier molecular flexibility index (Phi) is 8.93. The lowest BCUT2D eigenvalue weighted by Crippen LogP contribution is -2.29. The van der Waals surface area contributed by atoms with Crippen LogP contribution in [0, 0.1) is 23.7 Å². The van der Waals surface area contributed by atoms with E-state index in [1.54, 1.807) is 25.7 Å². The molecule has 0 unspecified atom stereocenters. The predicted octanol–water partition coefficient (Wildman–Crippen LogP) is 7.76. The lowest BCUT2D eigenvalue weighted by atomic mass is 9.68. The molecule has 22 heavy (non-hydrogen) atoms. The van der Waals surface area contributed by atoms with Crippen molar-refractivity contribution in [2.24, 2.45) is 23.7 Å². The zero-order valence-electron chi connectivity index (χ0n) is 15.6. The van der Waals surface area contributed by atoms with Gasteiger partial charge in [-0.25, -0.2) is 0 Å². The summed E-state index contributed by atoms with van der Waals surface area (Å²) in [6.07, 6.45) is 24.3. The van der Waals surface area contributed by atoms with E-state index in [9.17, 15) is 0 Å². The first-order valence-electron chi connectivity index (χ1n) is 10.8. The molecule has 0 aromatic carbocycles. The van der Waals surface area contributed by atoms with E-state index in [-0.39, 0.29) is 0 Å². The summed E-state index contributed by atoms with van der Waals surface area (Å²) in [6.45, 7) is 5.06. The number of hydrogen-bond donors (Lipinski definition) is 0. The first kappa shape index (κ1) is 18.3. The molecule has 0 nitrogen and oxygen atoms in total. The van der Waals surface area contributed by atoms with Crippen LogP contribution < -0.4 is 0 Å². The fourth-order valence-electron chi connectivity index (χ4n) is 5.57. The second kappa shape index (κ2) is 10.7. The molecule has 0 saturated heterocycles. The van der Waals surface area contributed by atoms with Crippen LogP contribution in [0.3, 0.4) is 0 Å². The summed E-state index contributed by atoms with van der Waals surface area (Å²) in [5.74, 6) is 4.01. The van der Waals surface area contributed by atoms with E-state index in [1.807, 2.05) is 0 Å². The highest BCUT2D eigenvalue weighted by Crippen LogP contribution is 2.41. The van der Waals surface area contributed by atoms with Crippen LogP contribution >= 0.6 is 0 Å². The van der Waals surface area contributed by atoms with Crippen molar-refractivity contribution < 1.29 is 0 Å². The van der Waals surface area contributed by atoms with E-state index in [4.69, 9.17) is 0 Å². The Labute approximate surface area is 140 Å². The first-order valence-corrected chi connectivity index (χ1v) is 10.8. The van der Waals surface area contributed by atoms with Crippen LogP contribution in [-0.4, -0.2) is 0 Å². The maximum absolute atomic E-state index is 2.53. The van der Waals surface area contributed by atoms with Crippen LogP contribution in [0.1, 0.15) is 117 Å². The normalized spacial score (nSPS) is 25.1. The molecule has 2 rings (SSSR count). The monoisotopic (exact) mass is 306 g/mol. The molecular weight excluding hydrogens is 264 g/mol. The Morgan fingerprint density at radius 2 is 0.727 bits per heavy atom. The molecule has 2 saturated carbocycles. The minimum atomic E-state index is 0.900. The fourth-order valence-corrected chi connectivity index (χ4v) is 5.57. The molecular formula is C22H42. The second-order valence-electron chi connectivity index (χ2n) is 8.74. The minimum Gasteiger partial charge on any atom is -0.0625 e. The van der Waals surface area contributed by atoms with E-state index in [0.717, 1.165) is 23.7 Å². The van der Waals surface area contributed by atoms with Crippen LogP contribution in [0.5, 0.6) is 0 Å². The summed E-state index contributed by atoms with van der Waals surface area (Å²) in [4.78, 5) is 0. The molecule has 0 atom stereocenters. The Balaban J connectivity index is 2.00. The van der Waals surface area contributed by atoms with E-state index in [1.165, 1.54) is 77.0 Å². The Bertz CT molecular complexity index is 223. The summed E-state index contributed by atoms with van der Waals surface area (Å²) in [5, 5.41) is 0. The zero-order valence-corrected chi connectivity index (χ0v) is 15.6. The summed E-state index contributed by atoms with van der Waals surface area (Å²) in [6, 6.07) is 0. The van der Waals surface area contributed by atoms with Crippen molar-refractivity contribution in [1.82, 2.24) is 0 Å². The van der Waals surface area contributed by atoms with Gasteiger partial charge in [-0.15, -0.1) is 0 Å². The topological polar surface area (TPSA) is 0 Å². The fraction of sp³-hybridized carbons (Fsp3) is 1.00. The van der Waals surface area contributed by atoms with Gasteiger partial charge in [-0.2, -0.15) is 0 Å². The van der Waals surface area contributed by atoms with Crippen LogP contribution in [0.15, 0.2) is 0 Å². The van der Waals surface area contributed by atoms with Crippen molar-refractivity contribution in [3.63, 3.8) is 0 Å². The Morgan fingerprint density at radius 1 is 0.455 bits per heavy atom. The molecule has 0 heteroatoms. The van der Waals surface area contributed by atoms with Gasteiger partial charge in [0.2, 0.25) is 0 Å². The molecule has 0 amide bonds. The summed E-state index contributed by atoms with van der Waals surface area (Å²) < 4.78 is 0. The van der Waals surface area contributed by atoms with Gasteiger partial charge in [-0.1, -0.05) is 117 Å². The van der Waals surface area contributed by atoms with Crippen LogP contribution in [0.4, 0.5) is 0 Å². The smallest absolute Gasteiger partial charge is 0.0334 e. The molecule has 0 heterocycles. The second-order valence-corrected chi connectivity index (χ2v) is 8.74. The van der Waals surface area contributed by atoms with Crippen LogP contribution in [-0.2, 0) is 0 Å². The third kappa shape index (κ3) is 6.25. The maximum Gasteiger partial charge on any atom is -0.0334 e. The molecule has 2 aliphatic carbocycles. The minimum absolute atomic E-state index is 0.900. The third-order valence-corrected chi connectivity index (χ3v) is 6.66. The van der Waals surface area contributed by atoms with E-state index in [2.05, 4.69) is 13.8 Å². The predicted molar refractivity (Wildman–Crippen MR) is 99.2 cm³/mol. The van der Waals surface area contributed by atoms with Gasteiger partial charge < -0.3 is 0 Å². The largest absolute Gasteiger partial charge is 0.0625 e. The zero-order chi connectivity index (χ0) is 15.6. The highest BCUT2D eigenvalue weighted by Gasteiger charge is 2.31. The molecule has 0 aromatic heterocycles. The quantitative estimate of drug-likeness (QED) is 0.499. The van der Waals surface area contributed by atoms with E-state index >= 15 is 0 Å². The van der Waals surface area contributed by atoms with Gasteiger partial charge in [-0.05, 0) is 23.7 Å². The van der Waals surface area contributed by atoms with Crippen molar-refractivity contribution >= 4 is 0 Å². The highest BCUT2D eigenvalue weighted by atomic mass is 14.4. The average molecular weight is 307 g/mol. The number of rotatable bonds is 3. The van der Waals surface area contributed by atoms with Crippen LogP contribution in [0.2, 0.25) is 0 Å². The molecule has 0 N–H and O–H groups in total. The summed E-state index contributed by atoms with van der Waals surface area (Å²) >= 11 is 0. The molecule has 0 spiro atoms. The summed E-state index contributed by atoms with van der Waals surface area (Å²) in [7, 11) is 0. The number of hydrogen-bond acceptors (Lipinski definition) is 0. The van der Waals surface area contributed by atoms with Gasteiger partial charge in [-0.3, -0.25) is 0 Å². The van der Waals surface area contributed by atoms with Gasteiger partial charge in [0.1, 0.15) is 0 Å². The van der Waals surface area contributed by atoms with Gasteiger partial charge in [0, 0.05) is 0 Å². The molecule has 130 valence electrons. The highest BCUT2D eigenvalue weighted by molar-refractivity contribution is 4.81. The van der Waals surface area contributed by atoms with Crippen molar-refractivity contribution in [2.75, 3.05) is 0 Å². The molecule has 0 aromatic rings. The van der Waals surface area contributed by atoms with Crippen LogP contribution in [0.25, 0.3) is 0 Å². The molecule has 0 aliphatic heterocycles. The van der Waals surface area contributed by atoms with Crippen molar-refractivity contribution in [2.45, 2.75) is 117 Å². The Hall–Kier alpha value is 0. The standard InChI is InChI=1S/C22H42/c1-19(2)22(20-15-11-7-3-4-8-12-16-20)21-17-13-9-5-6-10-14-18-21/h19-22H,3-18H2,1-2H3. The van der Waals surface area contributed by atoms with Crippen molar-refractivity contribution in [1.29, 1.82) is 0 Å². The lowest BCUT2D eigenvalue weighted by molar-refractivity contribution is 0.126. The van der Waals surface area contributed by atoms with Crippen molar-refractivity contribution in [3.8, 4) is 0 Å². The molecule has 2 fully saturated rings. The Morgan fingerprint density at radius 3 is 1.00 bits per heavy atom. The van der Waals surface area contributed by atoms with Gasteiger partial charge in [0.05, 0.1) is 0 Å². The van der Waals surface area contributed by atoms with E-state index in [0.29, 0.717) is 0 Å². The lowest BCUT2D eigenvalue weighted by Gasteiger charge is -2.37. The molecule has 2 aliphatic rings. The van der Waals surface area contributed by atoms with Gasteiger partial charge in [0.15, 0.2) is 0 Å². The van der Waals surface area contributed by atoms with Gasteiger partial charge in [0.25, 0.3) is 0 Å². The summed E-state index contributed by atoms with van der Waals surface area (Å²) in [5.41, 5.74) is 0. The average Bonchev–Trinajstić information content (AvgIpc) is 2.71. The molecule has 0 radical (unpaired) electrons. The molecule has 0 bridgehead atoms. The van der Waals surface area contributed by atoms with Crippen molar-refractivity contribution in [3.05, 3.63) is 0 Å².